The van der Waals surface area contributed by atoms with Crippen LogP contribution < -0.4 is 5.32 Å². The fourth-order valence-electron chi connectivity index (χ4n) is 4.03. The van der Waals surface area contributed by atoms with Crippen molar-refractivity contribution in [2.24, 2.45) is 0 Å². The molecule has 2 heterocycles. The molecule has 1 aliphatic rings. The standard InChI is InChI=1S/C24H27N3O2/c1-4-9-19-21(23(28)29-6-3)22(17-14-12-16(5-2)13-15-17)27-20-11-8-7-10-18(20)25-24(27)26-19/h7-8,10-15,22H,4-6,9H2,1-3H3,(H,25,26)/t22-/m1/s1. The Kier molecular flexibility index (Phi) is 5.38. The third-order valence-corrected chi connectivity index (χ3v) is 5.41. The second-order valence-corrected chi connectivity index (χ2v) is 7.28. The van der Waals surface area contributed by atoms with E-state index < -0.39 is 0 Å². The summed E-state index contributed by atoms with van der Waals surface area (Å²) < 4.78 is 7.61. The van der Waals surface area contributed by atoms with Crippen LogP contribution in [-0.2, 0) is 16.0 Å². The number of benzene rings is 2. The Bertz CT molecular complexity index is 1060. The van der Waals surface area contributed by atoms with Crippen molar-refractivity contribution < 1.29 is 9.53 Å². The number of ether oxygens (including phenoxy) is 1. The zero-order valence-corrected chi connectivity index (χ0v) is 17.2. The quantitative estimate of drug-likeness (QED) is 0.587. The molecular weight excluding hydrogens is 362 g/mol. The van der Waals surface area contributed by atoms with Gasteiger partial charge in [0.2, 0.25) is 5.95 Å². The number of nitrogens with zero attached hydrogens (tertiary/aromatic N) is 2. The van der Waals surface area contributed by atoms with Crippen LogP contribution in [0, 0.1) is 0 Å². The lowest BCUT2D eigenvalue weighted by atomic mass is 9.92. The van der Waals surface area contributed by atoms with Gasteiger partial charge in [-0.05, 0) is 43.0 Å². The highest BCUT2D eigenvalue weighted by Gasteiger charge is 2.35. The summed E-state index contributed by atoms with van der Waals surface area (Å²) in [6.45, 7) is 6.45. The van der Waals surface area contributed by atoms with Gasteiger partial charge in [-0.25, -0.2) is 9.78 Å². The van der Waals surface area contributed by atoms with E-state index in [-0.39, 0.29) is 12.0 Å². The van der Waals surface area contributed by atoms with E-state index in [1.165, 1.54) is 5.56 Å². The Balaban J connectivity index is 1.96. The van der Waals surface area contributed by atoms with E-state index in [2.05, 4.69) is 54.1 Å². The van der Waals surface area contributed by atoms with Crippen molar-refractivity contribution in [1.82, 2.24) is 9.55 Å². The van der Waals surface area contributed by atoms with Crippen LogP contribution in [0.5, 0.6) is 0 Å². The van der Waals surface area contributed by atoms with Crippen molar-refractivity contribution in [2.75, 3.05) is 11.9 Å². The number of imidazole rings is 1. The SMILES string of the molecule is CCCC1=C(C(=O)OCC)[C@@H](c2ccc(CC)cc2)n2c(nc3ccccc32)N1. The van der Waals surface area contributed by atoms with Gasteiger partial charge in [0.05, 0.1) is 29.3 Å². The first-order valence-electron chi connectivity index (χ1n) is 10.4. The zero-order valence-electron chi connectivity index (χ0n) is 17.2. The van der Waals surface area contributed by atoms with Crippen LogP contribution in [0.1, 0.15) is 50.8 Å². The fraction of sp³-hybridized carbons (Fsp3) is 0.333. The molecule has 0 spiro atoms. The maximum atomic E-state index is 13.1. The number of rotatable bonds is 6. The lowest BCUT2D eigenvalue weighted by Crippen LogP contribution is -2.29. The molecule has 5 heteroatoms. The Morgan fingerprint density at radius 1 is 1.10 bits per heavy atom. The second-order valence-electron chi connectivity index (χ2n) is 7.28. The van der Waals surface area contributed by atoms with Crippen LogP contribution in [0.15, 0.2) is 59.8 Å². The van der Waals surface area contributed by atoms with Crippen LogP contribution in [0.25, 0.3) is 11.0 Å². The molecule has 0 bridgehead atoms. The molecule has 2 aromatic carbocycles. The Morgan fingerprint density at radius 3 is 2.55 bits per heavy atom. The molecule has 1 N–H and O–H groups in total. The highest BCUT2D eigenvalue weighted by molar-refractivity contribution is 5.94. The average Bonchev–Trinajstić information content (AvgIpc) is 3.11. The Hall–Kier alpha value is -3.08. The summed E-state index contributed by atoms with van der Waals surface area (Å²) in [6, 6.07) is 16.3. The maximum absolute atomic E-state index is 13.1. The number of carbonyl (C=O) groups is 1. The average molecular weight is 389 g/mol. The van der Waals surface area contributed by atoms with Crippen molar-refractivity contribution in [1.29, 1.82) is 0 Å². The van der Waals surface area contributed by atoms with Gasteiger partial charge >= 0.3 is 5.97 Å². The summed E-state index contributed by atoms with van der Waals surface area (Å²) in [5.41, 5.74) is 5.81. The number of nitrogens with one attached hydrogen (secondary N) is 1. The molecule has 5 nitrogen and oxygen atoms in total. The van der Waals surface area contributed by atoms with E-state index in [1.807, 2.05) is 25.1 Å². The molecule has 150 valence electrons. The summed E-state index contributed by atoms with van der Waals surface area (Å²) in [6.07, 6.45) is 2.67. The lowest BCUT2D eigenvalue weighted by Gasteiger charge is -2.31. The molecule has 0 aliphatic carbocycles. The molecule has 0 radical (unpaired) electrons. The first kappa shape index (κ1) is 19.2. The monoisotopic (exact) mass is 389 g/mol. The molecule has 4 rings (SSSR count). The summed E-state index contributed by atoms with van der Waals surface area (Å²) in [5.74, 6) is 0.503. The van der Waals surface area contributed by atoms with Gasteiger partial charge in [0.15, 0.2) is 0 Å². The van der Waals surface area contributed by atoms with Crippen LogP contribution in [0.4, 0.5) is 5.95 Å². The van der Waals surface area contributed by atoms with E-state index in [9.17, 15) is 4.79 Å². The van der Waals surface area contributed by atoms with E-state index in [0.29, 0.717) is 12.2 Å². The normalized spacial score (nSPS) is 15.9. The number of fused-ring (bicyclic) bond motifs is 3. The molecule has 1 aliphatic heterocycles. The van der Waals surface area contributed by atoms with Crippen LogP contribution >= 0.6 is 0 Å². The molecule has 0 saturated heterocycles. The molecule has 3 aromatic rings. The first-order valence-corrected chi connectivity index (χ1v) is 10.4. The molecule has 29 heavy (non-hydrogen) atoms. The minimum absolute atomic E-state index is 0.267. The largest absolute Gasteiger partial charge is 0.463 e. The number of aryl methyl sites for hydroxylation is 1. The Labute approximate surface area is 171 Å². The van der Waals surface area contributed by atoms with Crippen molar-refractivity contribution in [2.45, 2.75) is 46.1 Å². The number of carbonyl (C=O) groups excluding carboxylic acids is 1. The van der Waals surface area contributed by atoms with Gasteiger partial charge in [-0.2, -0.15) is 0 Å². The van der Waals surface area contributed by atoms with Gasteiger partial charge in [0.1, 0.15) is 0 Å². The number of esters is 1. The number of para-hydroxylation sites is 2. The summed E-state index contributed by atoms with van der Waals surface area (Å²) in [5, 5.41) is 3.43. The fourth-order valence-corrected chi connectivity index (χ4v) is 4.03. The highest BCUT2D eigenvalue weighted by atomic mass is 16.5. The highest BCUT2D eigenvalue weighted by Crippen LogP contribution is 2.40. The minimum Gasteiger partial charge on any atom is -0.463 e. The maximum Gasteiger partial charge on any atom is 0.338 e. The minimum atomic E-state index is -0.273. The van der Waals surface area contributed by atoms with E-state index >= 15 is 0 Å². The number of hydrogen-bond donors (Lipinski definition) is 1. The second kappa shape index (κ2) is 8.11. The molecule has 0 unspecified atom stereocenters. The zero-order chi connectivity index (χ0) is 20.4. The summed E-state index contributed by atoms with van der Waals surface area (Å²) in [7, 11) is 0. The smallest absolute Gasteiger partial charge is 0.338 e. The summed E-state index contributed by atoms with van der Waals surface area (Å²) >= 11 is 0. The third kappa shape index (κ3) is 3.41. The van der Waals surface area contributed by atoms with Crippen LogP contribution in [-0.4, -0.2) is 22.1 Å². The number of hydrogen-bond acceptors (Lipinski definition) is 4. The van der Waals surface area contributed by atoms with Gasteiger partial charge in [0.25, 0.3) is 0 Å². The predicted octanol–water partition coefficient (Wildman–Crippen LogP) is 5.23. The van der Waals surface area contributed by atoms with Crippen molar-refractivity contribution in [3.05, 3.63) is 70.9 Å². The number of anilines is 1. The topological polar surface area (TPSA) is 56.2 Å². The van der Waals surface area contributed by atoms with Gasteiger partial charge < -0.3 is 10.1 Å². The van der Waals surface area contributed by atoms with Crippen LogP contribution in [0.3, 0.4) is 0 Å². The number of aromatic nitrogens is 2. The molecular formula is C24H27N3O2. The first-order chi connectivity index (χ1) is 14.2. The lowest BCUT2D eigenvalue weighted by molar-refractivity contribution is -0.139. The van der Waals surface area contributed by atoms with Gasteiger partial charge in [-0.15, -0.1) is 0 Å². The molecule has 0 saturated carbocycles. The Morgan fingerprint density at radius 2 is 1.86 bits per heavy atom. The third-order valence-electron chi connectivity index (χ3n) is 5.41. The van der Waals surface area contributed by atoms with Gasteiger partial charge in [-0.1, -0.05) is 56.7 Å². The molecule has 0 fully saturated rings. The number of allylic oxidation sites excluding steroid dienone is 1. The van der Waals surface area contributed by atoms with Gasteiger partial charge in [-0.3, -0.25) is 4.57 Å². The van der Waals surface area contributed by atoms with Crippen molar-refractivity contribution in [3.63, 3.8) is 0 Å². The van der Waals surface area contributed by atoms with E-state index in [4.69, 9.17) is 9.72 Å². The van der Waals surface area contributed by atoms with Crippen molar-refractivity contribution >= 4 is 23.0 Å². The molecule has 1 aromatic heterocycles. The predicted molar refractivity (Wildman–Crippen MR) is 116 cm³/mol. The van der Waals surface area contributed by atoms with E-state index in [1.54, 1.807) is 0 Å². The van der Waals surface area contributed by atoms with Crippen LogP contribution in [0.2, 0.25) is 0 Å². The molecule has 1 atom stereocenters. The van der Waals surface area contributed by atoms with Gasteiger partial charge in [0, 0.05) is 5.70 Å². The molecule has 0 amide bonds. The van der Waals surface area contributed by atoms with E-state index in [0.717, 1.165) is 47.5 Å². The summed E-state index contributed by atoms with van der Waals surface area (Å²) in [4.78, 5) is 17.9. The van der Waals surface area contributed by atoms with Crippen molar-refractivity contribution in [3.8, 4) is 0 Å².